The number of nitrogen functional groups attached to an aromatic ring is 1. The van der Waals surface area contributed by atoms with Crippen LogP contribution in [0.15, 0.2) is 36.4 Å². The molecule has 1 heterocycles. The van der Waals surface area contributed by atoms with E-state index in [9.17, 15) is 0 Å². The van der Waals surface area contributed by atoms with Crippen molar-refractivity contribution in [3.8, 4) is 10.6 Å². The van der Waals surface area contributed by atoms with Crippen LogP contribution in [0, 0.1) is 10.2 Å². The van der Waals surface area contributed by atoms with Crippen molar-refractivity contribution < 1.29 is 34.3 Å². The van der Waals surface area contributed by atoms with E-state index in [0.29, 0.717) is 0 Å². The highest BCUT2D eigenvalue weighted by Crippen LogP contribution is 2.30. The Morgan fingerprint density at radius 3 is 2.38 bits per heavy atom. The van der Waals surface area contributed by atoms with Gasteiger partial charge in [-0.25, -0.2) is 23.6 Å². The lowest BCUT2D eigenvalue weighted by molar-refractivity contribution is -2.00. The molecule has 1 aliphatic carbocycles. The Morgan fingerprint density at radius 1 is 1.05 bits per heavy atom. The predicted octanol–water partition coefficient (Wildman–Crippen LogP) is -4.11. The molecule has 0 spiro atoms. The Balaban J connectivity index is 0.000000282. The fraction of sp³-hybridized carbons (Fsp3) is 0. The third kappa shape index (κ3) is 4.60. The molecule has 110 valence electrons. The molecule has 1 aromatic carbocycles. The molecule has 0 saturated heterocycles. The molecule has 0 atom stereocenters. The quantitative estimate of drug-likeness (QED) is 0.315. The number of rotatable bonds is 0. The minimum absolute atomic E-state index is 0.758. The molecule has 0 amide bonds. The van der Waals surface area contributed by atoms with Gasteiger partial charge in [-0.15, -0.1) is 21.6 Å². The summed E-state index contributed by atoms with van der Waals surface area (Å²) in [7, 11) is -4.94. The maximum Gasteiger partial charge on any atom is 0.198 e. The Kier molecular flexibility index (Phi) is 4.37. The van der Waals surface area contributed by atoms with E-state index in [1.54, 1.807) is 11.3 Å². The minimum Gasteiger partial charge on any atom is -0.399 e. The first-order chi connectivity index (χ1) is 9.72. The first-order valence-corrected chi connectivity index (χ1v) is 7.58. The largest absolute Gasteiger partial charge is 0.399 e. The molecule has 1 aromatic rings. The van der Waals surface area contributed by atoms with Gasteiger partial charge >= 0.3 is 0 Å². The number of fused-ring (bicyclic) bond motifs is 2. The molecule has 0 fully saturated rings. The number of nitrogens with zero attached hydrogens (tertiary/aromatic N) is 1. The van der Waals surface area contributed by atoms with Crippen LogP contribution in [-0.4, -0.2) is 4.98 Å². The van der Waals surface area contributed by atoms with Gasteiger partial charge in [-0.1, -0.05) is 0 Å². The van der Waals surface area contributed by atoms with E-state index >= 15 is 0 Å². The van der Waals surface area contributed by atoms with Crippen molar-refractivity contribution in [3.63, 3.8) is 0 Å². The lowest BCUT2D eigenvalue weighted by Crippen LogP contribution is -2.68. The molecule has 0 radical (unpaired) electrons. The molecule has 21 heavy (non-hydrogen) atoms. The zero-order chi connectivity index (χ0) is 15.6. The van der Waals surface area contributed by atoms with Gasteiger partial charge in [-0.05, 0) is 24.3 Å². The maximum atomic E-state index is 8.49. The summed E-state index contributed by atoms with van der Waals surface area (Å²) < 4.78 is 35.1. The monoisotopic (exact) mass is 327 g/mol. The molecule has 1 aliphatic heterocycles. The summed E-state index contributed by atoms with van der Waals surface area (Å²) in [6.07, 6.45) is 0. The highest BCUT2D eigenvalue weighted by molar-refractivity contribution is 7.21. The van der Waals surface area contributed by atoms with Gasteiger partial charge in [0.2, 0.25) is 0 Å². The minimum atomic E-state index is -4.94. The van der Waals surface area contributed by atoms with E-state index in [2.05, 4.69) is 4.98 Å². The molecule has 4 N–H and O–H groups in total. The van der Waals surface area contributed by atoms with E-state index in [-0.39, 0.29) is 0 Å². The summed E-state index contributed by atoms with van der Waals surface area (Å²) in [5.41, 5.74) is 8.45. The Labute approximate surface area is 125 Å². The van der Waals surface area contributed by atoms with E-state index in [4.69, 9.17) is 29.8 Å². The lowest BCUT2D eigenvalue weighted by atomic mass is 10.2. The second-order valence-electron chi connectivity index (χ2n) is 4.05. The fourth-order valence-corrected chi connectivity index (χ4v) is 2.72. The Bertz CT molecular complexity index is 797. The zero-order valence-electron chi connectivity index (χ0n) is 10.5. The van der Waals surface area contributed by atoms with Crippen LogP contribution in [0.4, 0.5) is 5.69 Å². The van der Waals surface area contributed by atoms with Crippen molar-refractivity contribution in [2.24, 2.45) is 0 Å². The number of hydrogen-bond donors (Lipinski definition) is 2. The van der Waals surface area contributed by atoms with Crippen LogP contribution >= 0.6 is 11.3 Å². The van der Waals surface area contributed by atoms with E-state index in [1.165, 1.54) is 0 Å². The molecule has 9 heteroatoms. The summed E-state index contributed by atoms with van der Waals surface area (Å²) in [5, 5.41) is 6.51. The molecule has 7 nitrogen and oxygen atoms in total. The van der Waals surface area contributed by atoms with Crippen LogP contribution in [0.25, 0.3) is 20.8 Å². The van der Waals surface area contributed by atoms with Crippen molar-refractivity contribution in [1.29, 1.82) is 0 Å². The van der Waals surface area contributed by atoms with Gasteiger partial charge in [-0.2, -0.15) is 0 Å². The average molecular weight is 328 g/mol. The highest BCUT2D eigenvalue weighted by atomic mass is 35.7. The van der Waals surface area contributed by atoms with Crippen molar-refractivity contribution in [2.45, 2.75) is 0 Å². The normalized spacial score (nSPS) is 11.2. The van der Waals surface area contributed by atoms with E-state index in [1.807, 2.05) is 36.4 Å². The molecule has 0 unspecified atom stereocenters. The molecule has 0 saturated carbocycles. The third-order valence-electron chi connectivity index (χ3n) is 2.43. The number of hydrogen-bond acceptors (Lipinski definition) is 7. The average Bonchev–Trinajstić information content (AvgIpc) is 2.34. The fourth-order valence-electron chi connectivity index (χ4n) is 1.66. The van der Waals surface area contributed by atoms with Gasteiger partial charge < -0.3 is 5.73 Å². The van der Waals surface area contributed by atoms with Crippen molar-refractivity contribution in [1.82, 2.24) is 4.98 Å². The maximum absolute atomic E-state index is 8.49. The van der Waals surface area contributed by atoms with Gasteiger partial charge in [-0.3, -0.25) is 5.41 Å². The van der Waals surface area contributed by atoms with Gasteiger partial charge in [0.25, 0.3) is 0 Å². The van der Waals surface area contributed by atoms with Crippen LogP contribution in [0.3, 0.4) is 0 Å². The van der Waals surface area contributed by atoms with E-state index in [0.717, 1.165) is 31.8 Å². The molecule has 2 aliphatic rings. The van der Waals surface area contributed by atoms with Crippen LogP contribution < -0.4 is 35.1 Å². The standard InChI is InChI=1S/C12H9N3S.ClHO4/c13-7-1-3-9-11(5-7)16-12-6-8(14)2-4-10(12)15-9;2-1(3,4)5/h1-6,13H,14H2;(H,2,3,4,5). The van der Waals surface area contributed by atoms with Crippen LogP contribution in [0.1, 0.15) is 0 Å². The topological polar surface area (TPSA) is 157 Å². The van der Waals surface area contributed by atoms with Gasteiger partial charge in [0.05, 0.1) is 20.8 Å². The molecule has 3 rings (SSSR count). The summed E-state index contributed by atoms with van der Waals surface area (Å²) in [5.74, 6) is 0. The van der Waals surface area contributed by atoms with Crippen LogP contribution in [0.2, 0.25) is 0 Å². The predicted molar refractivity (Wildman–Crippen MR) is 65.7 cm³/mol. The van der Waals surface area contributed by atoms with Crippen molar-refractivity contribution in [2.75, 3.05) is 5.73 Å². The molecule has 0 bridgehead atoms. The molecular weight excluding hydrogens is 318 g/mol. The van der Waals surface area contributed by atoms with Gasteiger partial charge in [0, 0.05) is 17.8 Å². The van der Waals surface area contributed by atoms with Crippen LogP contribution in [-0.2, 0) is 0 Å². The Morgan fingerprint density at radius 2 is 1.71 bits per heavy atom. The van der Waals surface area contributed by atoms with Crippen LogP contribution in [0.5, 0.6) is 0 Å². The first kappa shape index (κ1) is 15.6. The molecular formula is C12H10ClN3O4S. The van der Waals surface area contributed by atoms with Gasteiger partial charge in [0.1, 0.15) is 0 Å². The number of nitrogens with two attached hydrogens (primary N) is 2. The summed E-state index contributed by atoms with van der Waals surface area (Å²) in [4.78, 5) is 5.64. The highest BCUT2D eigenvalue weighted by Gasteiger charge is 2.07. The first-order valence-electron chi connectivity index (χ1n) is 5.53. The lowest BCUT2D eigenvalue weighted by Gasteiger charge is -2.17. The number of benzene rings is 2. The smallest absolute Gasteiger partial charge is 0.198 e. The number of halogens is 1. The Hall–Kier alpha value is -1.81. The number of aromatic nitrogens is 1. The second-order valence-corrected chi connectivity index (χ2v) is 5.89. The SMILES string of the molecule is Nc1ccc2nc3ccc(=[NH2+])cc-3sc2c1.[O-][Cl+3]([O-])([O-])[O-]. The third-order valence-corrected chi connectivity index (χ3v) is 3.52. The summed E-state index contributed by atoms with van der Waals surface area (Å²) in [6, 6.07) is 11.5. The zero-order valence-corrected chi connectivity index (χ0v) is 12.1. The van der Waals surface area contributed by atoms with Crippen molar-refractivity contribution in [3.05, 3.63) is 41.8 Å². The molecule has 0 aromatic heterocycles. The number of anilines is 1. The summed E-state index contributed by atoms with van der Waals surface area (Å²) >= 11 is 1.66. The van der Waals surface area contributed by atoms with Crippen molar-refractivity contribution >= 4 is 27.2 Å². The second kappa shape index (κ2) is 5.90. The van der Waals surface area contributed by atoms with E-state index < -0.39 is 10.2 Å². The van der Waals surface area contributed by atoms with Gasteiger partial charge in [0.15, 0.2) is 5.36 Å². The summed E-state index contributed by atoms with van der Waals surface area (Å²) in [6.45, 7) is 0.